The molecule has 2 aromatic heterocycles. The van der Waals surface area contributed by atoms with Gasteiger partial charge in [0.2, 0.25) is 5.91 Å². The summed E-state index contributed by atoms with van der Waals surface area (Å²) >= 11 is 1.76. The van der Waals surface area contributed by atoms with Crippen molar-refractivity contribution in [3.8, 4) is 0 Å². The van der Waals surface area contributed by atoms with Gasteiger partial charge in [-0.25, -0.2) is 4.98 Å². The van der Waals surface area contributed by atoms with Gasteiger partial charge in [0.05, 0.1) is 18.2 Å². The highest BCUT2D eigenvalue weighted by molar-refractivity contribution is 7.09. The number of hydrogen-bond donors (Lipinski definition) is 1. The number of rotatable bonds is 5. The summed E-state index contributed by atoms with van der Waals surface area (Å²) in [6, 6.07) is 13.9. The van der Waals surface area contributed by atoms with Crippen molar-refractivity contribution >= 4 is 17.2 Å². The molecule has 5 rings (SSSR count). The fourth-order valence-electron chi connectivity index (χ4n) is 4.82. The van der Waals surface area contributed by atoms with E-state index in [4.69, 9.17) is 4.98 Å². The minimum Gasteiger partial charge on any atom is -0.332 e. The van der Waals surface area contributed by atoms with Gasteiger partial charge in [-0.2, -0.15) is 0 Å². The van der Waals surface area contributed by atoms with Crippen LogP contribution in [0.5, 0.6) is 0 Å². The number of carbonyl (C=O) groups is 1. The van der Waals surface area contributed by atoms with E-state index < -0.39 is 0 Å². The van der Waals surface area contributed by atoms with Crippen molar-refractivity contribution in [2.45, 2.75) is 51.2 Å². The number of likely N-dealkylation sites (tertiary alicyclic amines) is 1. The van der Waals surface area contributed by atoms with Crippen molar-refractivity contribution in [2.75, 3.05) is 13.1 Å². The van der Waals surface area contributed by atoms with Gasteiger partial charge >= 0.3 is 0 Å². The lowest BCUT2D eigenvalue weighted by atomic mass is 9.99. The van der Waals surface area contributed by atoms with Crippen LogP contribution in [0.3, 0.4) is 0 Å². The average molecular weight is 449 g/mol. The Balaban J connectivity index is 1.37. The second-order valence-corrected chi connectivity index (χ2v) is 9.71. The Labute approximate surface area is 191 Å². The molecular weight excluding hydrogens is 420 g/mol. The number of carbonyl (C=O) groups excluding carboxylic acids is 1. The maximum Gasteiger partial charge on any atom is 0.254 e. The van der Waals surface area contributed by atoms with Crippen LogP contribution in [0.2, 0.25) is 0 Å². The van der Waals surface area contributed by atoms with Gasteiger partial charge in [0.25, 0.3) is 5.56 Å². The second-order valence-electron chi connectivity index (χ2n) is 8.68. The lowest BCUT2D eigenvalue weighted by Gasteiger charge is -2.36. The number of H-pyrrole nitrogens is 1. The first kappa shape index (κ1) is 21.1. The zero-order chi connectivity index (χ0) is 21.9. The SMILES string of the molecule is O=C(Cc1ccccc1)N1CCCC[C@@H]1c1nc2c(c(=O)[nH]1)CCN(Cc1cccs1)C2. The minimum atomic E-state index is -0.161. The first-order valence-electron chi connectivity index (χ1n) is 11.4. The fourth-order valence-corrected chi connectivity index (χ4v) is 5.56. The number of aromatic nitrogens is 2. The summed E-state index contributed by atoms with van der Waals surface area (Å²) in [5.74, 6) is 0.744. The topological polar surface area (TPSA) is 69.3 Å². The van der Waals surface area contributed by atoms with Crippen molar-refractivity contribution in [3.63, 3.8) is 0 Å². The predicted molar refractivity (Wildman–Crippen MR) is 125 cm³/mol. The second kappa shape index (κ2) is 9.38. The van der Waals surface area contributed by atoms with Crippen LogP contribution in [0.25, 0.3) is 0 Å². The monoisotopic (exact) mass is 448 g/mol. The Hall–Kier alpha value is -2.77. The van der Waals surface area contributed by atoms with Crippen LogP contribution in [0.15, 0.2) is 52.6 Å². The van der Waals surface area contributed by atoms with E-state index in [2.05, 4.69) is 27.4 Å². The maximum absolute atomic E-state index is 13.2. The van der Waals surface area contributed by atoms with Crippen molar-refractivity contribution < 1.29 is 4.79 Å². The molecule has 1 atom stereocenters. The Morgan fingerprint density at radius 1 is 1.12 bits per heavy atom. The molecule has 1 aromatic carbocycles. The van der Waals surface area contributed by atoms with E-state index in [0.717, 1.165) is 49.2 Å². The lowest BCUT2D eigenvalue weighted by Crippen LogP contribution is -2.42. The lowest BCUT2D eigenvalue weighted by molar-refractivity contribution is -0.134. The highest BCUT2D eigenvalue weighted by Crippen LogP contribution is 2.30. The maximum atomic E-state index is 13.2. The number of piperidine rings is 1. The smallest absolute Gasteiger partial charge is 0.254 e. The summed E-state index contributed by atoms with van der Waals surface area (Å²) < 4.78 is 0. The van der Waals surface area contributed by atoms with Gasteiger partial charge in [0, 0.05) is 36.6 Å². The molecule has 7 heteroatoms. The molecule has 1 fully saturated rings. The Morgan fingerprint density at radius 3 is 2.81 bits per heavy atom. The molecular formula is C25H28N4O2S. The summed E-state index contributed by atoms with van der Waals surface area (Å²) in [5, 5.41) is 2.10. The third-order valence-corrected chi connectivity index (χ3v) is 7.33. The molecule has 32 heavy (non-hydrogen) atoms. The van der Waals surface area contributed by atoms with Crippen LogP contribution in [-0.2, 0) is 30.7 Å². The van der Waals surface area contributed by atoms with Crippen LogP contribution in [-0.4, -0.2) is 38.8 Å². The van der Waals surface area contributed by atoms with Gasteiger partial charge in [-0.15, -0.1) is 11.3 Å². The van der Waals surface area contributed by atoms with Gasteiger partial charge in [-0.05, 0) is 42.7 Å². The highest BCUT2D eigenvalue weighted by Gasteiger charge is 2.31. The van der Waals surface area contributed by atoms with E-state index in [1.54, 1.807) is 11.3 Å². The highest BCUT2D eigenvalue weighted by atomic mass is 32.1. The molecule has 1 N–H and O–H groups in total. The number of aromatic amines is 1. The Kier molecular flexibility index (Phi) is 6.19. The molecule has 1 saturated heterocycles. The summed E-state index contributed by atoms with van der Waals surface area (Å²) in [6.45, 7) is 3.13. The van der Waals surface area contributed by atoms with Crippen molar-refractivity contribution in [3.05, 3.63) is 85.7 Å². The van der Waals surface area contributed by atoms with Gasteiger partial charge in [-0.3, -0.25) is 14.5 Å². The number of amides is 1. The quantitative estimate of drug-likeness (QED) is 0.646. The van der Waals surface area contributed by atoms with Gasteiger partial charge in [0.15, 0.2) is 0 Å². The minimum absolute atomic E-state index is 0.0400. The van der Waals surface area contributed by atoms with Crippen molar-refractivity contribution in [1.82, 2.24) is 19.8 Å². The summed E-state index contributed by atoms with van der Waals surface area (Å²) in [4.78, 5) is 39.6. The van der Waals surface area contributed by atoms with E-state index in [0.29, 0.717) is 31.8 Å². The molecule has 3 aromatic rings. The molecule has 4 heterocycles. The number of hydrogen-bond acceptors (Lipinski definition) is 5. The van der Waals surface area contributed by atoms with Crippen molar-refractivity contribution in [2.24, 2.45) is 0 Å². The zero-order valence-electron chi connectivity index (χ0n) is 18.1. The van der Waals surface area contributed by atoms with E-state index in [1.165, 1.54) is 4.88 Å². The molecule has 0 saturated carbocycles. The van der Waals surface area contributed by atoms with E-state index in [-0.39, 0.29) is 17.5 Å². The normalized spacial score (nSPS) is 19.0. The Bertz CT molecular complexity index is 1130. The average Bonchev–Trinajstić information content (AvgIpc) is 3.32. The van der Waals surface area contributed by atoms with Crippen molar-refractivity contribution in [1.29, 1.82) is 0 Å². The third-order valence-electron chi connectivity index (χ3n) is 6.47. The number of nitrogens with zero attached hydrogens (tertiary/aromatic N) is 3. The van der Waals surface area contributed by atoms with Gasteiger partial charge < -0.3 is 9.88 Å². The fraction of sp³-hybridized carbons (Fsp3) is 0.400. The van der Waals surface area contributed by atoms with Crippen LogP contribution in [0.4, 0.5) is 0 Å². The van der Waals surface area contributed by atoms with Crippen LogP contribution in [0, 0.1) is 0 Å². The number of fused-ring (bicyclic) bond motifs is 1. The third kappa shape index (κ3) is 4.54. The predicted octanol–water partition coefficient (Wildman–Crippen LogP) is 3.69. The number of benzene rings is 1. The van der Waals surface area contributed by atoms with E-state index in [1.807, 2.05) is 35.2 Å². The molecule has 166 valence electrons. The van der Waals surface area contributed by atoms with Gasteiger partial charge in [0.1, 0.15) is 5.82 Å². The standard InChI is InChI=1S/C25H28N4O2S/c30-23(15-18-7-2-1-3-8-18)29-12-5-4-10-22(29)24-26-21-17-28(16-19-9-6-14-32-19)13-11-20(21)25(31)27-24/h1-3,6-9,14,22H,4-5,10-13,15-17H2,(H,26,27,31)/t22-/m1/s1. The molecule has 0 radical (unpaired) electrons. The molecule has 6 nitrogen and oxygen atoms in total. The number of thiophene rings is 1. The van der Waals surface area contributed by atoms with Crippen LogP contribution in [0.1, 0.15) is 52.8 Å². The summed E-state index contributed by atoms with van der Waals surface area (Å²) in [5.41, 5.74) is 2.64. The molecule has 0 spiro atoms. The molecule has 0 bridgehead atoms. The first-order valence-corrected chi connectivity index (χ1v) is 12.3. The molecule has 0 aliphatic carbocycles. The zero-order valence-corrected chi connectivity index (χ0v) is 18.9. The molecule has 1 amide bonds. The number of nitrogens with one attached hydrogen (secondary N) is 1. The van der Waals surface area contributed by atoms with Gasteiger partial charge in [-0.1, -0.05) is 36.4 Å². The summed E-state index contributed by atoms with van der Waals surface area (Å²) in [6.07, 6.45) is 3.94. The van der Waals surface area contributed by atoms with E-state index >= 15 is 0 Å². The Morgan fingerprint density at radius 2 is 2.00 bits per heavy atom. The first-order chi connectivity index (χ1) is 15.7. The molecule has 2 aliphatic heterocycles. The summed E-state index contributed by atoms with van der Waals surface area (Å²) in [7, 11) is 0. The van der Waals surface area contributed by atoms with Crippen LogP contribution >= 0.6 is 11.3 Å². The van der Waals surface area contributed by atoms with E-state index in [9.17, 15) is 9.59 Å². The molecule has 2 aliphatic rings. The van der Waals surface area contributed by atoms with Crippen LogP contribution < -0.4 is 5.56 Å². The largest absolute Gasteiger partial charge is 0.332 e. The molecule has 0 unspecified atom stereocenters.